The summed E-state index contributed by atoms with van der Waals surface area (Å²) in [5, 5.41) is 8.55. The predicted molar refractivity (Wildman–Crippen MR) is 116 cm³/mol. The molecule has 0 aliphatic rings. The molecule has 2 amide bonds. The van der Waals surface area contributed by atoms with Crippen molar-refractivity contribution in [3.63, 3.8) is 0 Å². The van der Waals surface area contributed by atoms with Crippen molar-refractivity contribution in [1.29, 1.82) is 0 Å². The molecule has 3 N–H and O–H groups in total. The molecule has 0 atom stereocenters. The molecule has 2 rings (SSSR count). The standard InChI is InChI=1S/C21H25N3O3S/c1-4-19(25)22-16-8-10-17(11-9-16)23-21(28)24-20(26)15-6-5-7-18(12-15)27-13-14(2)3/h5-12,14H,4,13H2,1-3H3,(H,22,25)(H2,23,24,26,28). The van der Waals surface area contributed by atoms with Crippen LogP contribution in [0.15, 0.2) is 48.5 Å². The molecule has 0 aromatic heterocycles. The highest BCUT2D eigenvalue weighted by atomic mass is 32.1. The summed E-state index contributed by atoms with van der Waals surface area (Å²) in [5.74, 6) is 0.670. The second-order valence-corrected chi connectivity index (χ2v) is 7.03. The van der Waals surface area contributed by atoms with Crippen LogP contribution in [-0.4, -0.2) is 23.5 Å². The molecular weight excluding hydrogens is 374 g/mol. The maximum absolute atomic E-state index is 12.4. The van der Waals surface area contributed by atoms with Crippen LogP contribution in [0.4, 0.5) is 11.4 Å². The van der Waals surface area contributed by atoms with E-state index in [4.69, 9.17) is 17.0 Å². The number of amides is 2. The van der Waals surface area contributed by atoms with Crippen molar-refractivity contribution in [1.82, 2.24) is 5.32 Å². The third-order valence-corrected chi connectivity index (χ3v) is 3.86. The maximum Gasteiger partial charge on any atom is 0.257 e. The van der Waals surface area contributed by atoms with E-state index in [1.165, 1.54) is 0 Å². The van der Waals surface area contributed by atoms with Crippen LogP contribution in [-0.2, 0) is 4.79 Å². The molecule has 0 unspecified atom stereocenters. The third kappa shape index (κ3) is 7.00. The van der Waals surface area contributed by atoms with E-state index in [-0.39, 0.29) is 16.9 Å². The normalized spacial score (nSPS) is 10.3. The Kier molecular flexibility index (Phi) is 7.95. The molecule has 0 heterocycles. The van der Waals surface area contributed by atoms with Crippen molar-refractivity contribution >= 4 is 40.5 Å². The monoisotopic (exact) mass is 399 g/mol. The smallest absolute Gasteiger partial charge is 0.257 e. The molecule has 0 spiro atoms. The van der Waals surface area contributed by atoms with E-state index in [0.29, 0.717) is 41.6 Å². The van der Waals surface area contributed by atoms with Gasteiger partial charge in [0.05, 0.1) is 6.61 Å². The third-order valence-electron chi connectivity index (χ3n) is 3.65. The van der Waals surface area contributed by atoms with E-state index in [2.05, 4.69) is 29.8 Å². The lowest BCUT2D eigenvalue weighted by atomic mass is 10.2. The van der Waals surface area contributed by atoms with Crippen LogP contribution in [0, 0.1) is 5.92 Å². The van der Waals surface area contributed by atoms with Crippen LogP contribution in [0.2, 0.25) is 0 Å². The predicted octanol–water partition coefficient (Wildman–Crippen LogP) is 4.20. The van der Waals surface area contributed by atoms with E-state index in [1.54, 1.807) is 49.4 Å². The largest absolute Gasteiger partial charge is 0.493 e. The highest BCUT2D eigenvalue weighted by Gasteiger charge is 2.10. The second kappa shape index (κ2) is 10.4. The maximum atomic E-state index is 12.4. The molecular formula is C21H25N3O3S. The number of carbonyl (C=O) groups excluding carboxylic acids is 2. The minimum atomic E-state index is -0.320. The van der Waals surface area contributed by atoms with Crippen molar-refractivity contribution in [2.24, 2.45) is 5.92 Å². The van der Waals surface area contributed by atoms with E-state index in [1.807, 2.05) is 6.07 Å². The minimum Gasteiger partial charge on any atom is -0.493 e. The number of benzene rings is 2. The van der Waals surface area contributed by atoms with Gasteiger partial charge in [0.2, 0.25) is 5.91 Å². The molecule has 7 heteroatoms. The Bertz CT molecular complexity index is 835. The van der Waals surface area contributed by atoms with Gasteiger partial charge in [-0.3, -0.25) is 14.9 Å². The van der Waals surface area contributed by atoms with Crippen LogP contribution in [0.25, 0.3) is 0 Å². The molecule has 28 heavy (non-hydrogen) atoms. The Hall–Kier alpha value is -2.93. The summed E-state index contributed by atoms with van der Waals surface area (Å²) in [5.41, 5.74) is 1.86. The zero-order valence-electron chi connectivity index (χ0n) is 16.2. The first-order chi connectivity index (χ1) is 13.4. The van der Waals surface area contributed by atoms with Crippen LogP contribution in [0.1, 0.15) is 37.6 Å². The van der Waals surface area contributed by atoms with E-state index < -0.39 is 0 Å². The van der Waals surface area contributed by atoms with Gasteiger partial charge in [-0.2, -0.15) is 0 Å². The SMILES string of the molecule is CCC(=O)Nc1ccc(NC(=S)NC(=O)c2cccc(OCC(C)C)c2)cc1. The Balaban J connectivity index is 1.91. The molecule has 0 radical (unpaired) electrons. The van der Waals surface area contributed by atoms with Gasteiger partial charge in [0.25, 0.3) is 5.91 Å². The molecule has 6 nitrogen and oxygen atoms in total. The minimum absolute atomic E-state index is 0.0527. The lowest BCUT2D eigenvalue weighted by molar-refractivity contribution is -0.115. The molecule has 2 aromatic carbocycles. The van der Waals surface area contributed by atoms with Gasteiger partial charge in [-0.05, 0) is 60.6 Å². The first-order valence-electron chi connectivity index (χ1n) is 9.12. The van der Waals surface area contributed by atoms with E-state index in [9.17, 15) is 9.59 Å². The van der Waals surface area contributed by atoms with Crippen molar-refractivity contribution in [3.05, 3.63) is 54.1 Å². The highest BCUT2D eigenvalue weighted by molar-refractivity contribution is 7.80. The van der Waals surface area contributed by atoms with Crippen molar-refractivity contribution in [2.45, 2.75) is 27.2 Å². The highest BCUT2D eigenvalue weighted by Crippen LogP contribution is 2.15. The number of rotatable bonds is 7. The number of hydrogen-bond acceptors (Lipinski definition) is 4. The Morgan fingerprint density at radius 1 is 1.04 bits per heavy atom. The summed E-state index contributed by atoms with van der Waals surface area (Å²) < 4.78 is 5.65. The quantitative estimate of drug-likeness (QED) is 0.608. The summed E-state index contributed by atoms with van der Waals surface area (Å²) in [7, 11) is 0. The number of ether oxygens (including phenoxy) is 1. The van der Waals surface area contributed by atoms with Gasteiger partial charge < -0.3 is 15.4 Å². The van der Waals surface area contributed by atoms with Crippen molar-refractivity contribution in [2.75, 3.05) is 17.2 Å². The van der Waals surface area contributed by atoms with Gasteiger partial charge in [-0.25, -0.2) is 0 Å². The first-order valence-corrected chi connectivity index (χ1v) is 9.53. The Morgan fingerprint density at radius 2 is 1.68 bits per heavy atom. The van der Waals surface area contributed by atoms with Gasteiger partial charge in [-0.1, -0.05) is 26.8 Å². The number of carbonyl (C=O) groups is 2. The fourth-order valence-corrected chi connectivity index (χ4v) is 2.42. The molecule has 0 bridgehead atoms. The number of nitrogens with one attached hydrogen (secondary N) is 3. The Labute approximate surface area is 170 Å². The van der Waals surface area contributed by atoms with E-state index >= 15 is 0 Å². The van der Waals surface area contributed by atoms with Crippen molar-refractivity contribution < 1.29 is 14.3 Å². The summed E-state index contributed by atoms with van der Waals surface area (Å²) in [6.45, 7) is 6.49. The van der Waals surface area contributed by atoms with Gasteiger partial charge in [-0.15, -0.1) is 0 Å². The van der Waals surface area contributed by atoms with Crippen LogP contribution in [0.3, 0.4) is 0 Å². The molecule has 0 saturated heterocycles. The van der Waals surface area contributed by atoms with Crippen molar-refractivity contribution in [3.8, 4) is 5.75 Å². The zero-order chi connectivity index (χ0) is 20.5. The molecule has 0 aliphatic carbocycles. The van der Waals surface area contributed by atoms with Gasteiger partial charge in [0, 0.05) is 23.4 Å². The van der Waals surface area contributed by atoms with Gasteiger partial charge in [0.1, 0.15) is 5.75 Å². The summed E-state index contributed by atoms with van der Waals surface area (Å²) >= 11 is 5.21. The first kappa shape index (κ1) is 21.4. The number of anilines is 2. The zero-order valence-corrected chi connectivity index (χ0v) is 17.1. The lowest BCUT2D eigenvalue weighted by Gasteiger charge is -2.12. The molecule has 148 valence electrons. The van der Waals surface area contributed by atoms with Crippen LogP contribution in [0.5, 0.6) is 5.75 Å². The molecule has 0 aliphatic heterocycles. The second-order valence-electron chi connectivity index (χ2n) is 6.62. The lowest BCUT2D eigenvalue weighted by Crippen LogP contribution is -2.34. The summed E-state index contributed by atoms with van der Waals surface area (Å²) in [6.07, 6.45) is 0.416. The summed E-state index contributed by atoms with van der Waals surface area (Å²) in [6, 6.07) is 14.0. The molecule has 2 aromatic rings. The Morgan fingerprint density at radius 3 is 2.29 bits per heavy atom. The van der Waals surface area contributed by atoms with E-state index in [0.717, 1.165) is 0 Å². The average molecular weight is 400 g/mol. The number of hydrogen-bond donors (Lipinski definition) is 3. The van der Waals surface area contributed by atoms with Crippen LogP contribution < -0.4 is 20.7 Å². The average Bonchev–Trinajstić information content (AvgIpc) is 2.68. The molecule has 0 fully saturated rings. The van der Waals surface area contributed by atoms with Gasteiger partial charge >= 0.3 is 0 Å². The summed E-state index contributed by atoms with van der Waals surface area (Å²) in [4.78, 5) is 23.8. The fraction of sp³-hybridized carbons (Fsp3) is 0.286. The van der Waals surface area contributed by atoms with Crippen LogP contribution >= 0.6 is 12.2 Å². The number of thiocarbonyl (C=S) groups is 1. The fourth-order valence-electron chi connectivity index (χ4n) is 2.21. The van der Waals surface area contributed by atoms with Gasteiger partial charge in [0.15, 0.2) is 5.11 Å². The molecule has 0 saturated carbocycles. The topological polar surface area (TPSA) is 79.5 Å².